The van der Waals surface area contributed by atoms with Crippen LogP contribution in [-0.2, 0) is 142 Å². The molecule has 0 saturated carbocycles. The number of rotatable bonds is 36. The number of carbonyl (C=O) groups is 19. The highest BCUT2D eigenvalue weighted by molar-refractivity contribution is 6.04. The first kappa shape index (κ1) is 108. The predicted molar refractivity (Wildman–Crippen MR) is 535 cm³/mol. The van der Waals surface area contributed by atoms with Gasteiger partial charge in [-0.25, -0.2) is 9.78 Å². The first-order valence-electron chi connectivity index (χ1n) is 47.9. The number of phenols is 2. The van der Waals surface area contributed by atoms with E-state index in [4.69, 9.17) is 11.5 Å². The summed E-state index contributed by atoms with van der Waals surface area (Å²) in [4.78, 5) is 294. The van der Waals surface area contributed by atoms with Gasteiger partial charge >= 0.3 is 5.97 Å². The highest BCUT2D eigenvalue weighted by Crippen LogP contribution is 2.27. The predicted octanol–water partition coefficient (Wildman–Crippen LogP) is -2.33. The molecule has 2 fully saturated rings. The topological polar surface area (TPSA) is 717 Å². The Morgan fingerprint density at radius 1 is 0.423 bits per heavy atom. The van der Waals surface area contributed by atoms with Gasteiger partial charge in [-0.15, -0.1) is 0 Å². The summed E-state index contributed by atoms with van der Waals surface area (Å²) in [5.41, 5.74) is 16.3. The number of nitrogens with zero attached hydrogens (tertiary/aromatic N) is 2. The highest BCUT2D eigenvalue weighted by atomic mass is 16.4. The van der Waals surface area contributed by atoms with Crippen LogP contribution in [0.2, 0.25) is 0 Å². The van der Waals surface area contributed by atoms with Gasteiger partial charge in [-0.1, -0.05) is 140 Å². The van der Waals surface area contributed by atoms with Gasteiger partial charge in [0.15, 0.2) is 0 Å². The van der Waals surface area contributed by atoms with Crippen LogP contribution in [0.25, 0.3) is 32.7 Å². The average Bonchev–Trinajstić information content (AvgIpc) is 1.70. The molecular weight excluding hydrogens is 1930 g/mol. The largest absolute Gasteiger partial charge is 0.508 e. The Bertz CT molecular complexity index is 6740. The molecular formula is C103H115N23O23. The molecule has 0 bridgehead atoms. The molecule has 149 heavy (non-hydrogen) atoms. The Morgan fingerprint density at radius 3 is 1.32 bits per heavy atom. The fourth-order valence-corrected chi connectivity index (χ4v) is 17.5. The van der Waals surface area contributed by atoms with E-state index in [9.17, 15) is 78.0 Å². The zero-order valence-corrected chi connectivity index (χ0v) is 80.8. The van der Waals surface area contributed by atoms with Crippen molar-refractivity contribution in [2.45, 2.75) is 188 Å². The van der Waals surface area contributed by atoms with Crippen LogP contribution in [0.5, 0.6) is 11.5 Å². The lowest BCUT2D eigenvalue weighted by atomic mass is 10.00. The second-order valence-corrected chi connectivity index (χ2v) is 36.4. The van der Waals surface area contributed by atoms with Crippen LogP contribution in [0.1, 0.15) is 90.6 Å². The summed E-state index contributed by atoms with van der Waals surface area (Å²) in [5, 5.41) is 81.7. The second-order valence-electron chi connectivity index (χ2n) is 36.4. The smallest absolute Gasteiger partial charge is 0.326 e. The van der Waals surface area contributed by atoms with Crippen molar-refractivity contribution in [3.63, 3.8) is 0 Å². The van der Waals surface area contributed by atoms with E-state index in [1.54, 1.807) is 146 Å². The molecule has 0 spiro atoms. The summed E-state index contributed by atoms with van der Waals surface area (Å²) in [7, 11) is 0. The molecule has 15 atom stereocenters. The number of aromatic hydroxyl groups is 2. The molecule has 780 valence electrons. The maximum absolute atomic E-state index is 15.9. The third-order valence-corrected chi connectivity index (χ3v) is 25.3. The highest BCUT2D eigenvalue weighted by Gasteiger charge is 2.43. The molecule has 46 nitrogen and oxygen atoms in total. The van der Waals surface area contributed by atoms with Gasteiger partial charge in [-0.3, -0.25) is 86.3 Å². The van der Waals surface area contributed by atoms with Crippen LogP contribution >= 0.6 is 0 Å². The summed E-state index contributed by atoms with van der Waals surface area (Å²) >= 11 is 0. The van der Waals surface area contributed by atoms with Crippen LogP contribution in [-0.4, -0.2) is 273 Å². The SMILES string of the molecule is CC(O)[C@@H]1NC(=O)CNC(=O)[C@H](Cc2c[nH]cn2)NC(=O)[C@H](Cc2c[nH]c3ccccc23)NC(=O)[C@H](CC(N)=O)NC(=O)CNC(=O)C[C@@H](C(=O)N[C@@H](Cc2c[nH]c3ccccc23)C(=O)N[C@@H](Cc2ccccc2)C(=O)N[C@@H](Cc2ccccc2)C(=O)N[C@@H](CC(N)=O)C(=O)N[C@@H](Cc2ccc(O)cc2)C(=O)N[C@@H](Cc2ccc(O)cc2)C(=O)N[C@H](Cc2c[nH]c3ccccc23)C(=O)O)NC(=O)[C@@H]2CCCN2C(=O)[C@H](C)NC1=O. The number of benzene rings is 7. The molecule has 2 aliphatic rings. The quantitative estimate of drug-likeness (QED) is 0.0196. The lowest BCUT2D eigenvalue weighted by Crippen LogP contribution is -2.62. The number of amides is 18. The van der Waals surface area contributed by atoms with E-state index < -0.39 is 255 Å². The van der Waals surface area contributed by atoms with Gasteiger partial charge in [0.1, 0.15) is 96.1 Å². The summed E-state index contributed by atoms with van der Waals surface area (Å²) in [5.74, 6) is -21.9. The third kappa shape index (κ3) is 30.3. The number of aliphatic hydroxyl groups excluding tert-OH is 1. The molecule has 1 unspecified atom stereocenters. The van der Waals surface area contributed by atoms with E-state index in [1.165, 1.54) is 74.2 Å². The third-order valence-electron chi connectivity index (χ3n) is 25.3. The number of H-pyrrole nitrogens is 4. The molecule has 7 aromatic carbocycles. The van der Waals surface area contributed by atoms with Gasteiger partial charge in [0.2, 0.25) is 106 Å². The van der Waals surface area contributed by atoms with Gasteiger partial charge in [0, 0.05) is 115 Å². The van der Waals surface area contributed by atoms with E-state index >= 15 is 33.6 Å². The number of phenolic OH excluding ortho intramolecular Hbond substituents is 2. The number of imidazole rings is 1. The number of hydrogen-bond acceptors (Lipinski definition) is 23. The molecule has 6 heterocycles. The van der Waals surface area contributed by atoms with Crippen molar-refractivity contribution in [3.05, 3.63) is 258 Å². The Balaban J connectivity index is 0.784. The number of fused-ring (bicyclic) bond motifs is 4. The number of nitrogens with two attached hydrogens (primary N) is 2. The van der Waals surface area contributed by atoms with Crippen LogP contribution in [0.4, 0.5) is 0 Å². The van der Waals surface area contributed by atoms with Gasteiger partial charge in [0.05, 0.1) is 50.5 Å². The van der Waals surface area contributed by atoms with E-state index in [-0.39, 0.29) is 68.7 Å². The summed E-state index contributed by atoms with van der Waals surface area (Å²) in [6.45, 7) is 0.269. The number of hydrogen-bond donors (Lipinski definition) is 25. The molecule has 0 radical (unpaired) electrons. The monoisotopic (exact) mass is 2040 g/mol. The minimum Gasteiger partial charge on any atom is -0.508 e. The molecule has 18 amide bonds. The van der Waals surface area contributed by atoms with Crippen molar-refractivity contribution in [3.8, 4) is 11.5 Å². The molecule has 2 aliphatic heterocycles. The maximum atomic E-state index is 15.9. The van der Waals surface area contributed by atoms with Crippen LogP contribution in [0, 0.1) is 0 Å². The summed E-state index contributed by atoms with van der Waals surface area (Å²) < 4.78 is 0. The van der Waals surface area contributed by atoms with E-state index in [0.29, 0.717) is 71.7 Å². The molecule has 13 rings (SSSR count). The first-order valence-corrected chi connectivity index (χ1v) is 47.9. The van der Waals surface area contributed by atoms with Crippen molar-refractivity contribution < 1.29 is 112 Å². The number of carboxylic acid groups (broad SMARTS) is 1. The molecule has 2 saturated heterocycles. The van der Waals surface area contributed by atoms with E-state index in [0.717, 1.165) is 11.8 Å². The lowest BCUT2D eigenvalue weighted by molar-refractivity contribution is -0.143. The van der Waals surface area contributed by atoms with Gasteiger partial charge in [0.25, 0.3) is 0 Å². The number of aliphatic hydroxyl groups is 1. The second kappa shape index (κ2) is 50.9. The number of para-hydroxylation sites is 3. The molecule has 27 N–H and O–H groups in total. The van der Waals surface area contributed by atoms with Gasteiger partial charge in [-0.2, -0.15) is 0 Å². The van der Waals surface area contributed by atoms with Crippen LogP contribution < -0.4 is 91.2 Å². The van der Waals surface area contributed by atoms with Crippen LogP contribution in [0.15, 0.2) is 213 Å². The van der Waals surface area contributed by atoms with Crippen molar-refractivity contribution in [1.82, 2.24) is 110 Å². The van der Waals surface area contributed by atoms with E-state index in [2.05, 4.69) is 105 Å². The number of nitrogens with one attached hydrogen (secondary N) is 19. The Morgan fingerprint density at radius 2 is 0.846 bits per heavy atom. The normalized spacial score (nSPS) is 19.1. The molecule has 0 aliphatic carbocycles. The summed E-state index contributed by atoms with van der Waals surface area (Å²) in [6, 6.07) is 23.2. The van der Waals surface area contributed by atoms with Crippen molar-refractivity contribution in [2.75, 3.05) is 19.6 Å². The standard InChI is InChI=1S/C103H115N23O23/c1-54-102(147)126-35-15-26-83(126)100(145)123-81(46-86(132)110-51-87(133)114-79(44-84(104)130)97(142)119-77(41-61-48-108-70-24-13-10-21-67(61)70)96(141)121-78(43-63-50-106-53-112-63)90(135)111-52-88(134)125-89(55(2)127)101(146)113-54)99(144)120-76(40-60-47-107-69-23-12-9-20-66(60)69)95(140)117-72(36-56-16-5-3-6-17-56)91(136)115-73(37-57-18-7-4-8-19-57)93(138)122-80(45-85(105)131)98(143)118-74(38-58-27-31-64(128)32-28-58)92(137)116-75(39-59-29-33-65(129)34-30-59)94(139)124-82(103(148)149)42-62-49-109-71-25-14-11-22-68(62)71/h3-14,16-25,27-34,47-50,53-55,72-83,89,107-109,127-129H,15,26,35-46,51-52H2,1-2H3,(H2,104,130)(H2,105,131)(H,106,112)(H,110,132)(H,111,135)(H,113,146)(H,114,133)(H,115,136)(H,116,137)(H,117,140)(H,118,143)(H,119,142)(H,120,144)(H,121,141)(H,122,138)(H,123,145)(H,124,139)(H,125,134)(H,148,149)/t54-,55?,72-,73-,74-,75-,76-,77-,78-,79-,80-,81-,82+,83-,89-/m0/s1. The summed E-state index contributed by atoms with van der Waals surface area (Å²) in [6.07, 6.45) is -0.237. The number of carboxylic acids is 1. The van der Waals surface area contributed by atoms with Crippen molar-refractivity contribution in [2.24, 2.45) is 11.5 Å². The Hall–Kier alpha value is -18.1. The van der Waals surface area contributed by atoms with Gasteiger partial charge < -0.3 is 136 Å². The molecule has 11 aromatic rings. The van der Waals surface area contributed by atoms with Crippen molar-refractivity contribution >= 4 is 145 Å². The number of aromatic amines is 4. The number of aromatic nitrogens is 5. The lowest BCUT2D eigenvalue weighted by Gasteiger charge is -2.30. The van der Waals surface area contributed by atoms with Gasteiger partial charge in [-0.05, 0) is 108 Å². The minimum absolute atomic E-state index is 0.115. The molecule has 46 heteroatoms. The van der Waals surface area contributed by atoms with E-state index in [1.807, 2.05) is 0 Å². The maximum Gasteiger partial charge on any atom is 0.326 e. The molecule has 4 aromatic heterocycles. The average molecular weight is 2040 g/mol. The number of carbonyl (C=O) groups excluding carboxylic acids is 18. The fourth-order valence-electron chi connectivity index (χ4n) is 17.5. The zero-order chi connectivity index (χ0) is 107. The number of primary amides is 2. The minimum atomic E-state index is -2.11. The number of aliphatic carboxylic acids is 1. The zero-order valence-electron chi connectivity index (χ0n) is 80.8. The fraction of sp³-hybridized carbons (Fsp3) is 0.320. The Kier molecular flexibility index (Phi) is 36.9. The first-order chi connectivity index (χ1) is 71.4. The van der Waals surface area contributed by atoms with Crippen molar-refractivity contribution in [1.29, 1.82) is 0 Å². The Labute approximate surface area is 850 Å². The van der Waals surface area contributed by atoms with Crippen LogP contribution in [0.3, 0.4) is 0 Å².